The number of nitrogens with one attached hydrogen (secondary N) is 1. The van der Waals surface area contributed by atoms with Crippen LogP contribution in [0.5, 0.6) is 0 Å². The molecule has 0 aliphatic heterocycles. The van der Waals surface area contributed by atoms with Gasteiger partial charge < -0.3 is 5.32 Å². The number of carbonyl (C=O) groups is 1. The predicted molar refractivity (Wildman–Crippen MR) is 65.3 cm³/mol. The van der Waals surface area contributed by atoms with Gasteiger partial charge in [0.25, 0.3) is 5.91 Å². The summed E-state index contributed by atoms with van der Waals surface area (Å²) in [5.41, 5.74) is 1.32. The molecule has 0 unspecified atom stereocenters. The lowest BCUT2D eigenvalue weighted by Crippen LogP contribution is -2.24. The summed E-state index contributed by atoms with van der Waals surface area (Å²) in [4.78, 5) is 11.8. The second kappa shape index (κ2) is 4.70. The number of rotatable bonds is 3. The van der Waals surface area contributed by atoms with Gasteiger partial charge in [-0.1, -0.05) is 0 Å². The molecule has 17 heavy (non-hydrogen) atoms. The summed E-state index contributed by atoms with van der Waals surface area (Å²) in [6, 6.07) is 1.85. The smallest absolute Gasteiger partial charge is 0.273 e. The van der Waals surface area contributed by atoms with E-state index in [1.807, 2.05) is 13.1 Å². The van der Waals surface area contributed by atoms with Gasteiger partial charge in [-0.05, 0) is 22.0 Å². The van der Waals surface area contributed by atoms with E-state index in [2.05, 4.69) is 31.4 Å². The van der Waals surface area contributed by atoms with Crippen molar-refractivity contribution in [2.75, 3.05) is 0 Å². The van der Waals surface area contributed by atoms with Crippen molar-refractivity contribution in [3.63, 3.8) is 0 Å². The van der Waals surface area contributed by atoms with Crippen LogP contribution < -0.4 is 5.32 Å². The van der Waals surface area contributed by atoms with Crippen molar-refractivity contribution in [1.82, 2.24) is 24.9 Å². The Bertz CT molecular complexity index is 545. The van der Waals surface area contributed by atoms with Crippen molar-refractivity contribution >= 4 is 21.8 Å². The number of carbonyl (C=O) groups excluding carboxylic acids is 1. The highest BCUT2D eigenvalue weighted by Gasteiger charge is 2.14. The third-order valence-corrected chi connectivity index (χ3v) is 2.93. The van der Waals surface area contributed by atoms with E-state index in [1.54, 1.807) is 28.8 Å². The average Bonchev–Trinajstić information content (AvgIpc) is 2.81. The van der Waals surface area contributed by atoms with E-state index in [-0.39, 0.29) is 5.91 Å². The normalized spacial score (nSPS) is 10.5. The Labute approximate surface area is 107 Å². The van der Waals surface area contributed by atoms with Crippen molar-refractivity contribution in [3.8, 4) is 0 Å². The van der Waals surface area contributed by atoms with Gasteiger partial charge in [0.2, 0.25) is 0 Å². The lowest BCUT2D eigenvalue weighted by atomic mass is 10.3. The van der Waals surface area contributed by atoms with Crippen LogP contribution in [0.3, 0.4) is 0 Å². The summed E-state index contributed by atoms with van der Waals surface area (Å²) in [5, 5.41) is 10.9. The van der Waals surface area contributed by atoms with E-state index in [1.165, 1.54) is 0 Å². The molecule has 0 aliphatic rings. The van der Waals surface area contributed by atoms with Gasteiger partial charge in [0, 0.05) is 26.5 Å². The zero-order chi connectivity index (χ0) is 12.4. The molecule has 0 saturated carbocycles. The Balaban J connectivity index is 2.03. The van der Waals surface area contributed by atoms with Crippen LogP contribution in [0.1, 0.15) is 16.2 Å². The van der Waals surface area contributed by atoms with E-state index >= 15 is 0 Å². The lowest BCUT2D eigenvalue weighted by molar-refractivity contribution is 0.0943. The van der Waals surface area contributed by atoms with Crippen molar-refractivity contribution in [2.45, 2.75) is 6.54 Å². The number of aromatic nitrogens is 4. The Morgan fingerprint density at radius 1 is 1.53 bits per heavy atom. The quantitative estimate of drug-likeness (QED) is 0.913. The molecule has 2 aromatic heterocycles. The van der Waals surface area contributed by atoms with Crippen molar-refractivity contribution in [2.24, 2.45) is 14.1 Å². The first kappa shape index (κ1) is 11.8. The summed E-state index contributed by atoms with van der Waals surface area (Å²) in [6.07, 6.45) is 3.43. The highest BCUT2D eigenvalue weighted by Crippen LogP contribution is 2.13. The maximum Gasteiger partial charge on any atom is 0.273 e. The van der Waals surface area contributed by atoms with Gasteiger partial charge in [0.15, 0.2) is 5.69 Å². The second-order valence-corrected chi connectivity index (χ2v) is 4.48. The summed E-state index contributed by atoms with van der Waals surface area (Å²) >= 11 is 3.29. The number of aryl methyl sites for hydroxylation is 2. The Morgan fingerprint density at radius 3 is 2.82 bits per heavy atom. The summed E-state index contributed by atoms with van der Waals surface area (Å²) in [6.45, 7) is 0.429. The fourth-order valence-corrected chi connectivity index (χ4v) is 2.00. The van der Waals surface area contributed by atoms with E-state index in [4.69, 9.17) is 0 Å². The van der Waals surface area contributed by atoms with Gasteiger partial charge in [-0.2, -0.15) is 10.2 Å². The Kier molecular flexibility index (Phi) is 3.28. The number of amides is 1. The first-order valence-electron chi connectivity index (χ1n) is 5.02. The molecule has 2 aromatic rings. The van der Waals surface area contributed by atoms with E-state index < -0.39 is 0 Å². The van der Waals surface area contributed by atoms with E-state index in [0.29, 0.717) is 16.7 Å². The van der Waals surface area contributed by atoms with Crippen LogP contribution in [-0.2, 0) is 20.6 Å². The van der Waals surface area contributed by atoms with Gasteiger partial charge in [-0.15, -0.1) is 0 Å². The summed E-state index contributed by atoms with van der Waals surface area (Å²) < 4.78 is 3.99. The third-order valence-electron chi connectivity index (χ3n) is 2.35. The number of hydrogen-bond acceptors (Lipinski definition) is 3. The molecule has 0 bridgehead atoms. The highest BCUT2D eigenvalue weighted by molar-refractivity contribution is 9.10. The zero-order valence-corrected chi connectivity index (χ0v) is 11.1. The molecule has 1 amide bonds. The minimum Gasteiger partial charge on any atom is -0.345 e. The van der Waals surface area contributed by atoms with Crippen LogP contribution in [0.2, 0.25) is 0 Å². The van der Waals surface area contributed by atoms with Crippen LogP contribution in [0.25, 0.3) is 0 Å². The highest BCUT2D eigenvalue weighted by atomic mass is 79.9. The molecule has 0 atom stereocenters. The molecule has 7 heteroatoms. The first-order chi connectivity index (χ1) is 8.08. The molecule has 0 saturated heterocycles. The van der Waals surface area contributed by atoms with Crippen molar-refractivity contribution < 1.29 is 4.79 Å². The van der Waals surface area contributed by atoms with Crippen LogP contribution in [0.4, 0.5) is 0 Å². The SMILES string of the molecule is Cn1cc(Br)c(C(=O)NCc2ccnn2C)n1. The molecular weight excluding hydrogens is 286 g/mol. The molecule has 0 aliphatic carbocycles. The van der Waals surface area contributed by atoms with E-state index in [0.717, 1.165) is 5.69 Å². The fourth-order valence-electron chi connectivity index (χ4n) is 1.44. The third kappa shape index (κ3) is 2.55. The lowest BCUT2D eigenvalue weighted by Gasteiger charge is -2.03. The maximum absolute atomic E-state index is 11.8. The zero-order valence-electron chi connectivity index (χ0n) is 9.51. The minimum atomic E-state index is -0.210. The minimum absolute atomic E-state index is 0.210. The van der Waals surface area contributed by atoms with Gasteiger partial charge in [0.1, 0.15) is 0 Å². The Morgan fingerprint density at radius 2 is 2.29 bits per heavy atom. The van der Waals surface area contributed by atoms with Crippen LogP contribution >= 0.6 is 15.9 Å². The van der Waals surface area contributed by atoms with Gasteiger partial charge in [0.05, 0.1) is 16.7 Å². The van der Waals surface area contributed by atoms with Crippen molar-refractivity contribution in [1.29, 1.82) is 0 Å². The molecule has 0 aromatic carbocycles. The van der Waals surface area contributed by atoms with Gasteiger partial charge >= 0.3 is 0 Å². The molecule has 2 rings (SSSR count). The van der Waals surface area contributed by atoms with Crippen LogP contribution in [0.15, 0.2) is 22.9 Å². The molecule has 1 N–H and O–H groups in total. The molecule has 0 radical (unpaired) electrons. The molecule has 2 heterocycles. The second-order valence-electron chi connectivity index (χ2n) is 3.63. The molecule has 90 valence electrons. The molecule has 0 spiro atoms. The summed E-state index contributed by atoms with van der Waals surface area (Å²) in [7, 11) is 3.60. The van der Waals surface area contributed by atoms with Gasteiger partial charge in [-0.3, -0.25) is 14.2 Å². The molecular formula is C10H12BrN5O. The number of halogens is 1. The topological polar surface area (TPSA) is 64.7 Å². The van der Waals surface area contributed by atoms with Gasteiger partial charge in [-0.25, -0.2) is 0 Å². The average molecular weight is 298 g/mol. The number of nitrogens with zero attached hydrogens (tertiary/aromatic N) is 4. The fraction of sp³-hybridized carbons (Fsp3) is 0.300. The Hall–Kier alpha value is -1.63. The van der Waals surface area contributed by atoms with Crippen LogP contribution in [0, 0.1) is 0 Å². The maximum atomic E-state index is 11.8. The molecule has 6 nitrogen and oxygen atoms in total. The summed E-state index contributed by atoms with van der Waals surface area (Å²) in [5.74, 6) is -0.210. The molecule has 0 fully saturated rings. The first-order valence-corrected chi connectivity index (χ1v) is 5.81. The van der Waals surface area contributed by atoms with Crippen LogP contribution in [-0.4, -0.2) is 25.5 Å². The number of hydrogen-bond donors (Lipinski definition) is 1. The predicted octanol–water partition coefficient (Wildman–Crippen LogP) is 0.846. The standard InChI is InChI=1S/C10H12BrN5O/c1-15-6-8(11)9(14-15)10(17)12-5-7-3-4-13-16(7)2/h3-4,6H,5H2,1-2H3,(H,12,17). The van der Waals surface area contributed by atoms with Crippen molar-refractivity contribution in [3.05, 3.63) is 34.3 Å². The van der Waals surface area contributed by atoms with E-state index in [9.17, 15) is 4.79 Å². The monoisotopic (exact) mass is 297 g/mol. The largest absolute Gasteiger partial charge is 0.345 e.